The fourth-order valence-electron chi connectivity index (χ4n) is 4.52. The summed E-state index contributed by atoms with van der Waals surface area (Å²) in [6.07, 6.45) is 5.88. The van der Waals surface area contributed by atoms with Crippen LogP contribution in [0.1, 0.15) is 60.5 Å². The van der Waals surface area contributed by atoms with Crippen LogP contribution in [0.5, 0.6) is 0 Å². The Balaban J connectivity index is 1.43. The molecule has 0 spiro atoms. The van der Waals surface area contributed by atoms with Crippen LogP contribution in [0.4, 0.5) is 16.2 Å². The zero-order valence-corrected chi connectivity index (χ0v) is 24.4. The first kappa shape index (κ1) is 30.1. The van der Waals surface area contributed by atoms with Gasteiger partial charge < -0.3 is 15.3 Å². The smallest absolute Gasteiger partial charge is 0.339 e. The van der Waals surface area contributed by atoms with Crippen molar-refractivity contribution < 1.29 is 19.5 Å². The summed E-state index contributed by atoms with van der Waals surface area (Å²) >= 11 is 7.68. The number of carboxylic acids is 1. The van der Waals surface area contributed by atoms with Crippen molar-refractivity contribution in [3.05, 3.63) is 88.4 Å². The number of fused-ring (bicyclic) bond motifs is 1. The SMILES string of the molecule is CCCCCCN1C(=O)/C(=N/NC(=O)Nc2cccc(Cl)c2)c2cc(SCCCc3ccc(C(=O)O)cc3)ccc21. The number of halogens is 1. The number of benzene rings is 3. The molecule has 41 heavy (non-hydrogen) atoms. The normalized spacial score (nSPS) is 13.4. The van der Waals surface area contributed by atoms with Crippen LogP contribution in [0.2, 0.25) is 5.02 Å². The number of aromatic carboxylic acids is 1. The molecule has 1 aliphatic heterocycles. The minimum absolute atomic E-state index is 0.206. The van der Waals surface area contributed by atoms with Gasteiger partial charge in [-0.25, -0.2) is 15.0 Å². The van der Waals surface area contributed by atoms with E-state index in [1.54, 1.807) is 53.1 Å². The molecule has 3 aromatic carbocycles. The number of nitrogens with one attached hydrogen (secondary N) is 2. The lowest BCUT2D eigenvalue weighted by molar-refractivity contribution is -0.112. The van der Waals surface area contributed by atoms with Crippen molar-refractivity contribution in [3.63, 3.8) is 0 Å². The molecule has 8 nitrogen and oxygen atoms in total. The van der Waals surface area contributed by atoms with E-state index in [9.17, 15) is 14.4 Å². The number of hydrazone groups is 1. The number of thioether (sulfide) groups is 1. The van der Waals surface area contributed by atoms with Gasteiger partial charge in [0, 0.05) is 27.7 Å². The quantitative estimate of drug-likeness (QED) is 0.110. The maximum Gasteiger partial charge on any atom is 0.339 e. The first-order valence-corrected chi connectivity index (χ1v) is 15.0. The Hall–Kier alpha value is -3.82. The third kappa shape index (κ3) is 8.34. The molecule has 0 aromatic heterocycles. The van der Waals surface area contributed by atoms with E-state index in [0.29, 0.717) is 22.8 Å². The molecular formula is C31H33ClN4O4S. The van der Waals surface area contributed by atoms with Gasteiger partial charge in [-0.05, 0) is 79.1 Å². The van der Waals surface area contributed by atoms with Crippen molar-refractivity contribution in [2.75, 3.05) is 22.5 Å². The van der Waals surface area contributed by atoms with Gasteiger partial charge in [-0.2, -0.15) is 5.10 Å². The molecule has 1 aliphatic rings. The second-order valence-electron chi connectivity index (χ2n) is 9.69. The van der Waals surface area contributed by atoms with E-state index in [1.165, 1.54) is 0 Å². The van der Waals surface area contributed by atoms with Crippen LogP contribution in [0, 0.1) is 0 Å². The highest BCUT2D eigenvalue weighted by Crippen LogP contribution is 2.34. The maximum absolute atomic E-state index is 13.4. The minimum Gasteiger partial charge on any atom is -0.478 e. The number of aryl methyl sites for hydroxylation is 1. The molecule has 4 rings (SSSR count). The number of rotatable bonds is 13. The Labute approximate surface area is 249 Å². The molecule has 0 unspecified atom stereocenters. The van der Waals surface area contributed by atoms with E-state index in [2.05, 4.69) is 22.8 Å². The van der Waals surface area contributed by atoms with E-state index >= 15 is 0 Å². The average molecular weight is 593 g/mol. The highest BCUT2D eigenvalue weighted by molar-refractivity contribution is 7.99. The van der Waals surface area contributed by atoms with Crippen LogP contribution in [0.25, 0.3) is 0 Å². The third-order valence-electron chi connectivity index (χ3n) is 6.63. The van der Waals surface area contributed by atoms with Gasteiger partial charge in [0.2, 0.25) is 0 Å². The largest absolute Gasteiger partial charge is 0.478 e. The molecular weight excluding hydrogens is 560 g/mol. The summed E-state index contributed by atoms with van der Waals surface area (Å²) in [4.78, 5) is 39.7. The predicted molar refractivity (Wildman–Crippen MR) is 166 cm³/mol. The summed E-state index contributed by atoms with van der Waals surface area (Å²) in [5.41, 5.74) is 6.05. The number of hydrogen-bond acceptors (Lipinski definition) is 5. The van der Waals surface area contributed by atoms with Crippen LogP contribution in [-0.4, -0.2) is 41.0 Å². The molecule has 3 amide bonds. The van der Waals surface area contributed by atoms with Gasteiger partial charge in [0.15, 0.2) is 5.71 Å². The first-order chi connectivity index (χ1) is 19.9. The molecule has 0 bridgehead atoms. The van der Waals surface area contributed by atoms with Crippen molar-refractivity contribution in [3.8, 4) is 0 Å². The number of carbonyl (C=O) groups is 3. The Bertz CT molecular complexity index is 1430. The highest BCUT2D eigenvalue weighted by Gasteiger charge is 2.34. The second kappa shape index (κ2) is 14.7. The van der Waals surface area contributed by atoms with Crippen molar-refractivity contribution in [1.29, 1.82) is 0 Å². The van der Waals surface area contributed by atoms with Gasteiger partial charge in [0.1, 0.15) is 0 Å². The molecule has 214 valence electrons. The molecule has 0 atom stereocenters. The second-order valence-corrected chi connectivity index (χ2v) is 11.3. The van der Waals surface area contributed by atoms with Crippen LogP contribution in [0.15, 0.2) is 76.7 Å². The van der Waals surface area contributed by atoms with Crippen LogP contribution >= 0.6 is 23.4 Å². The van der Waals surface area contributed by atoms with E-state index < -0.39 is 12.0 Å². The first-order valence-electron chi connectivity index (χ1n) is 13.7. The van der Waals surface area contributed by atoms with Gasteiger partial charge in [-0.3, -0.25) is 4.79 Å². The topological polar surface area (TPSA) is 111 Å². The van der Waals surface area contributed by atoms with E-state index in [0.717, 1.165) is 60.4 Å². The van der Waals surface area contributed by atoms with Crippen molar-refractivity contribution in [1.82, 2.24) is 5.43 Å². The summed E-state index contributed by atoms with van der Waals surface area (Å²) in [7, 11) is 0. The fourth-order valence-corrected chi connectivity index (χ4v) is 5.60. The van der Waals surface area contributed by atoms with Gasteiger partial charge in [0.05, 0.1) is 11.3 Å². The molecule has 0 saturated carbocycles. The van der Waals surface area contributed by atoms with E-state index in [-0.39, 0.29) is 17.2 Å². The summed E-state index contributed by atoms with van der Waals surface area (Å²) in [6.45, 7) is 2.74. The Morgan fingerprint density at radius 1 is 1.00 bits per heavy atom. The average Bonchev–Trinajstić information content (AvgIpc) is 3.22. The summed E-state index contributed by atoms with van der Waals surface area (Å²) in [5.74, 6) is -0.311. The number of unbranched alkanes of at least 4 members (excludes halogenated alkanes) is 3. The molecule has 0 fully saturated rings. The van der Waals surface area contributed by atoms with E-state index in [4.69, 9.17) is 16.7 Å². The number of nitrogens with zero attached hydrogens (tertiary/aromatic N) is 2. The molecule has 3 N–H and O–H groups in total. The van der Waals surface area contributed by atoms with E-state index in [1.807, 2.05) is 30.3 Å². The zero-order chi connectivity index (χ0) is 29.2. The lowest BCUT2D eigenvalue weighted by Gasteiger charge is -2.16. The lowest BCUT2D eigenvalue weighted by Crippen LogP contribution is -2.33. The molecule has 1 heterocycles. The van der Waals surface area contributed by atoms with Crippen molar-refractivity contribution >= 4 is 58.4 Å². The summed E-state index contributed by atoms with van der Waals surface area (Å²) in [6, 6.07) is 19.1. The van der Waals surface area contributed by atoms with Crippen LogP contribution in [0.3, 0.4) is 0 Å². The Morgan fingerprint density at radius 3 is 2.54 bits per heavy atom. The summed E-state index contributed by atoms with van der Waals surface area (Å²) < 4.78 is 0. The fraction of sp³-hybridized carbons (Fsp3) is 0.290. The Morgan fingerprint density at radius 2 is 1.80 bits per heavy atom. The number of carboxylic acid groups (broad SMARTS) is 1. The summed E-state index contributed by atoms with van der Waals surface area (Å²) in [5, 5.41) is 16.5. The van der Waals surface area contributed by atoms with Crippen molar-refractivity contribution in [2.24, 2.45) is 5.10 Å². The molecule has 0 radical (unpaired) electrons. The number of carbonyl (C=O) groups excluding carboxylic acids is 2. The van der Waals surface area contributed by atoms with Gasteiger partial charge in [-0.1, -0.05) is 56.0 Å². The van der Waals surface area contributed by atoms with Crippen molar-refractivity contribution in [2.45, 2.75) is 50.3 Å². The third-order valence-corrected chi connectivity index (χ3v) is 7.94. The monoisotopic (exact) mass is 592 g/mol. The molecule has 0 aliphatic carbocycles. The minimum atomic E-state index is -0.929. The molecule has 3 aromatic rings. The highest BCUT2D eigenvalue weighted by atomic mass is 35.5. The number of hydrogen-bond donors (Lipinski definition) is 3. The lowest BCUT2D eigenvalue weighted by atomic mass is 10.1. The standard InChI is InChI=1S/C31H33ClN4O4S/c1-2-3-4-5-17-36-27-16-15-25(41-18-7-8-21-11-13-22(14-12-21)30(38)39)20-26(27)28(29(36)37)34-35-31(40)33-24-10-6-9-23(32)19-24/h6,9-16,19-20H,2-5,7-8,17-18H2,1H3,(H,38,39)(H2,33,35,40)/b34-28+. The van der Waals surface area contributed by atoms with Crippen LogP contribution in [-0.2, 0) is 11.2 Å². The zero-order valence-electron chi connectivity index (χ0n) is 22.9. The predicted octanol–water partition coefficient (Wildman–Crippen LogP) is 7.22. The van der Waals surface area contributed by atoms with Crippen LogP contribution < -0.4 is 15.6 Å². The maximum atomic E-state index is 13.4. The Kier molecular flexibility index (Phi) is 10.8. The number of urea groups is 1. The number of amides is 3. The van der Waals surface area contributed by atoms with Gasteiger partial charge in [0.25, 0.3) is 5.91 Å². The number of anilines is 2. The van der Waals surface area contributed by atoms with Gasteiger partial charge >= 0.3 is 12.0 Å². The van der Waals surface area contributed by atoms with Gasteiger partial charge in [-0.15, -0.1) is 11.8 Å². The molecule has 10 heteroatoms. The molecule has 0 saturated heterocycles.